The number of nitrogens with zero attached hydrogens (tertiary/aromatic N) is 5. The monoisotopic (exact) mass is 642 g/mol. The molecular formula is C40H46N6O2. The van der Waals surface area contributed by atoms with E-state index in [0.717, 1.165) is 147 Å². The lowest BCUT2D eigenvalue weighted by atomic mass is 9.91. The Balaban J connectivity index is 1.14. The van der Waals surface area contributed by atoms with Gasteiger partial charge in [-0.15, -0.1) is 0 Å². The highest BCUT2D eigenvalue weighted by Crippen LogP contribution is 2.37. The van der Waals surface area contributed by atoms with Crippen LogP contribution in [0.2, 0.25) is 0 Å². The molecule has 3 aromatic heterocycles. The van der Waals surface area contributed by atoms with Crippen molar-refractivity contribution in [3.05, 3.63) is 88.9 Å². The molecule has 0 amide bonds. The summed E-state index contributed by atoms with van der Waals surface area (Å²) in [6, 6.07) is 21.1. The normalized spacial score (nSPS) is 22.0. The maximum Gasteiger partial charge on any atom is 0.150 e. The topological polar surface area (TPSA) is 100 Å². The lowest BCUT2D eigenvalue weighted by Crippen LogP contribution is -2.23. The number of aliphatic imine (C=N–C) groups is 1. The van der Waals surface area contributed by atoms with Crippen LogP contribution in [0.5, 0.6) is 0 Å². The summed E-state index contributed by atoms with van der Waals surface area (Å²) >= 11 is 0. The number of benzene rings is 1. The number of pyridine rings is 2. The average Bonchev–Trinajstić information content (AvgIpc) is 3.55. The maximum atomic E-state index is 6.60. The number of allylic oxidation sites excluding steroid dienone is 2. The molecule has 8 heteroatoms. The Hall–Kier alpha value is -4.14. The van der Waals surface area contributed by atoms with Crippen molar-refractivity contribution in [3.63, 3.8) is 0 Å². The Bertz CT molecular complexity index is 1830. The third-order valence-corrected chi connectivity index (χ3v) is 10.3. The quantitative estimate of drug-likeness (QED) is 0.203. The largest absolute Gasteiger partial charge is 0.402 e. The summed E-state index contributed by atoms with van der Waals surface area (Å²) in [4.78, 5) is 15.6. The number of fused-ring (bicyclic) bond motifs is 1. The van der Waals surface area contributed by atoms with Gasteiger partial charge in [-0.05, 0) is 126 Å². The van der Waals surface area contributed by atoms with E-state index in [-0.39, 0.29) is 12.5 Å². The number of hydrogen-bond acceptors (Lipinski definition) is 7. The first-order valence-corrected chi connectivity index (χ1v) is 18.2. The molecule has 2 aliphatic carbocycles. The van der Waals surface area contributed by atoms with Crippen molar-refractivity contribution < 1.29 is 9.47 Å². The Morgan fingerprint density at radius 2 is 1.42 bits per heavy atom. The van der Waals surface area contributed by atoms with E-state index >= 15 is 0 Å². The number of aryl methyl sites for hydroxylation is 1. The van der Waals surface area contributed by atoms with Gasteiger partial charge in [-0.25, -0.2) is 14.6 Å². The fraction of sp³-hybridized carbons (Fsp3) is 0.450. The summed E-state index contributed by atoms with van der Waals surface area (Å²) in [7, 11) is 0. The van der Waals surface area contributed by atoms with Crippen LogP contribution < -0.4 is 5.73 Å². The number of nitrogens with two attached hydrogens (primary N) is 1. The second-order valence-electron chi connectivity index (χ2n) is 13.7. The van der Waals surface area contributed by atoms with Gasteiger partial charge in [0.15, 0.2) is 6.23 Å². The summed E-state index contributed by atoms with van der Waals surface area (Å²) in [5, 5.41) is 5.12. The van der Waals surface area contributed by atoms with Gasteiger partial charge in [0.1, 0.15) is 6.23 Å². The van der Waals surface area contributed by atoms with E-state index in [0.29, 0.717) is 0 Å². The molecule has 248 valence electrons. The van der Waals surface area contributed by atoms with Crippen LogP contribution in [0.3, 0.4) is 0 Å². The second kappa shape index (κ2) is 14.1. The lowest BCUT2D eigenvalue weighted by Gasteiger charge is -2.24. The first-order chi connectivity index (χ1) is 23.7. The fourth-order valence-corrected chi connectivity index (χ4v) is 7.73. The van der Waals surface area contributed by atoms with Gasteiger partial charge in [-0.1, -0.05) is 30.3 Å². The molecule has 0 saturated carbocycles. The van der Waals surface area contributed by atoms with E-state index in [4.69, 9.17) is 35.3 Å². The van der Waals surface area contributed by atoms with E-state index in [1.165, 1.54) is 24.1 Å². The SMILES string of the molecule is NC1=C(C(=NC2CCCCO2)c2cccc(-c3cccc(-c4cccc(-c5c6c(nn5C5CCCCO5)CCCC6)n4)c3)n2)CCCC1. The molecule has 0 radical (unpaired) electrons. The van der Waals surface area contributed by atoms with Crippen LogP contribution >= 0.6 is 0 Å². The molecule has 2 unspecified atom stereocenters. The van der Waals surface area contributed by atoms with Gasteiger partial charge < -0.3 is 15.2 Å². The van der Waals surface area contributed by atoms with Crippen LogP contribution in [0.4, 0.5) is 0 Å². The summed E-state index contributed by atoms with van der Waals surface area (Å²) in [6.45, 7) is 1.54. The van der Waals surface area contributed by atoms with Crippen LogP contribution in [-0.4, -0.2) is 44.9 Å². The van der Waals surface area contributed by atoms with Gasteiger partial charge in [0.25, 0.3) is 0 Å². The average molecular weight is 643 g/mol. The molecular weight excluding hydrogens is 596 g/mol. The van der Waals surface area contributed by atoms with Crippen molar-refractivity contribution in [1.29, 1.82) is 0 Å². The molecule has 2 aliphatic heterocycles. The Kier molecular flexibility index (Phi) is 9.18. The highest BCUT2D eigenvalue weighted by Gasteiger charge is 2.28. The Morgan fingerprint density at radius 1 is 0.708 bits per heavy atom. The van der Waals surface area contributed by atoms with Crippen molar-refractivity contribution in [2.75, 3.05) is 13.2 Å². The standard InChI is InChI=1S/C40H46N6O2/c41-31-16-3-1-14-29(31)39(44-37-22-5-7-24-47-37)35-20-10-18-32(42-35)27-12-9-13-28(26-27)33-19-11-21-36(43-33)40-30-15-2-4-17-34(30)45-46(40)38-23-6-8-25-48-38/h9-13,18-21,26,37-38H,1-8,14-17,22-25,41H2. The molecule has 1 aromatic carbocycles. The second-order valence-corrected chi connectivity index (χ2v) is 13.7. The molecule has 2 fully saturated rings. The molecule has 0 bridgehead atoms. The number of ether oxygens (including phenoxy) is 2. The van der Waals surface area contributed by atoms with Crippen molar-refractivity contribution >= 4 is 5.71 Å². The first-order valence-electron chi connectivity index (χ1n) is 18.2. The van der Waals surface area contributed by atoms with Crippen LogP contribution in [0.15, 0.2) is 76.9 Å². The highest BCUT2D eigenvalue weighted by atomic mass is 16.5. The summed E-state index contributed by atoms with van der Waals surface area (Å²) < 4.78 is 14.4. The summed E-state index contributed by atoms with van der Waals surface area (Å²) in [5.74, 6) is 0. The molecule has 8 nitrogen and oxygen atoms in total. The first kappa shape index (κ1) is 31.1. The van der Waals surface area contributed by atoms with Crippen LogP contribution in [0.25, 0.3) is 33.9 Å². The highest BCUT2D eigenvalue weighted by molar-refractivity contribution is 6.12. The predicted molar refractivity (Wildman–Crippen MR) is 189 cm³/mol. The Morgan fingerprint density at radius 3 is 2.21 bits per heavy atom. The van der Waals surface area contributed by atoms with Gasteiger partial charge >= 0.3 is 0 Å². The number of rotatable bonds is 7. The van der Waals surface area contributed by atoms with Crippen molar-refractivity contribution in [3.8, 4) is 33.9 Å². The zero-order chi connectivity index (χ0) is 32.3. The molecule has 4 aromatic rings. The van der Waals surface area contributed by atoms with Crippen molar-refractivity contribution in [2.45, 2.75) is 102 Å². The van der Waals surface area contributed by atoms with Crippen molar-refractivity contribution in [2.24, 2.45) is 10.7 Å². The molecule has 8 rings (SSSR count). The minimum Gasteiger partial charge on any atom is -0.402 e. The molecule has 0 spiro atoms. The molecule has 48 heavy (non-hydrogen) atoms. The summed E-state index contributed by atoms with van der Waals surface area (Å²) in [5.41, 5.74) is 19.0. The zero-order valence-electron chi connectivity index (χ0n) is 27.9. The van der Waals surface area contributed by atoms with Gasteiger partial charge in [0.2, 0.25) is 0 Å². The van der Waals surface area contributed by atoms with Gasteiger partial charge in [-0.2, -0.15) is 5.10 Å². The molecule has 4 aliphatic rings. The number of aromatic nitrogens is 4. The van der Waals surface area contributed by atoms with E-state index in [2.05, 4.69) is 65.3 Å². The van der Waals surface area contributed by atoms with Crippen molar-refractivity contribution in [1.82, 2.24) is 19.7 Å². The molecule has 5 heterocycles. The minimum atomic E-state index is -0.144. The third kappa shape index (κ3) is 6.48. The lowest BCUT2D eigenvalue weighted by molar-refractivity contribution is -0.0386. The van der Waals surface area contributed by atoms with E-state index in [1.807, 2.05) is 0 Å². The van der Waals surface area contributed by atoms with E-state index < -0.39 is 0 Å². The van der Waals surface area contributed by atoms with Crippen LogP contribution in [-0.2, 0) is 22.3 Å². The zero-order valence-corrected chi connectivity index (χ0v) is 27.9. The maximum absolute atomic E-state index is 6.60. The number of hydrogen-bond donors (Lipinski definition) is 1. The fourth-order valence-electron chi connectivity index (χ4n) is 7.73. The smallest absolute Gasteiger partial charge is 0.150 e. The molecule has 2 N–H and O–H groups in total. The van der Waals surface area contributed by atoms with Crippen LogP contribution in [0, 0.1) is 0 Å². The molecule has 2 saturated heterocycles. The minimum absolute atomic E-state index is 0.0238. The van der Waals surface area contributed by atoms with Crippen LogP contribution in [0.1, 0.15) is 100 Å². The predicted octanol–water partition coefficient (Wildman–Crippen LogP) is 8.35. The molecule has 2 atom stereocenters. The van der Waals surface area contributed by atoms with Gasteiger partial charge in [0, 0.05) is 35.6 Å². The van der Waals surface area contributed by atoms with E-state index in [1.54, 1.807) is 0 Å². The Labute approximate surface area is 283 Å². The van der Waals surface area contributed by atoms with Gasteiger partial charge in [-0.3, -0.25) is 4.99 Å². The van der Waals surface area contributed by atoms with E-state index in [9.17, 15) is 0 Å². The third-order valence-electron chi connectivity index (χ3n) is 10.3. The van der Waals surface area contributed by atoms with Gasteiger partial charge in [0.05, 0.1) is 39.9 Å². The summed E-state index contributed by atoms with van der Waals surface area (Å²) in [6.07, 6.45) is 14.8.